The lowest BCUT2D eigenvalue weighted by molar-refractivity contribution is -0.131. The van der Waals surface area contributed by atoms with E-state index in [1.54, 1.807) is 17.4 Å². The Hall–Kier alpha value is -1.17. The van der Waals surface area contributed by atoms with E-state index in [2.05, 4.69) is 4.90 Å². The van der Waals surface area contributed by atoms with E-state index in [1.165, 1.54) is 11.0 Å². The molecule has 0 spiro atoms. The number of hydrogen-bond donors (Lipinski definition) is 2. The molecule has 1 aliphatic heterocycles. The summed E-state index contributed by atoms with van der Waals surface area (Å²) in [5.41, 5.74) is 0.435. The van der Waals surface area contributed by atoms with Crippen LogP contribution in [0, 0.1) is 0 Å². The van der Waals surface area contributed by atoms with Gasteiger partial charge in [-0.05, 0) is 55.8 Å². The third-order valence-electron chi connectivity index (χ3n) is 3.71. The van der Waals surface area contributed by atoms with Crippen LogP contribution in [-0.4, -0.2) is 39.8 Å². The number of rotatable bonds is 4. The summed E-state index contributed by atoms with van der Waals surface area (Å²) in [6, 6.07) is 1.95. The Bertz CT molecular complexity index is 493. The molecular formula is C15H21NO3S. The molecule has 2 N–H and O–H groups in total. The molecule has 1 aliphatic rings. The normalized spacial score (nSPS) is 24.9. The molecule has 1 fully saturated rings. The maximum Gasteiger partial charge on any atom is 0.328 e. The first-order valence-corrected chi connectivity index (χ1v) is 7.76. The molecule has 1 atom stereocenters. The second-order valence-corrected chi connectivity index (χ2v) is 6.60. The summed E-state index contributed by atoms with van der Waals surface area (Å²) < 4.78 is 0. The van der Waals surface area contributed by atoms with Gasteiger partial charge in [0.05, 0.1) is 5.60 Å². The molecule has 2 rings (SSSR count). The minimum Gasteiger partial charge on any atom is -0.478 e. The number of hydrogen-bond acceptors (Lipinski definition) is 4. The van der Waals surface area contributed by atoms with E-state index in [0.717, 1.165) is 44.5 Å². The van der Waals surface area contributed by atoms with Gasteiger partial charge in [0.2, 0.25) is 0 Å². The predicted molar refractivity (Wildman–Crippen MR) is 80.7 cm³/mol. The molecule has 0 radical (unpaired) electrons. The number of aliphatic carboxylic acids is 1. The standard InChI is InChI=1S/C15H21NO3S/c1-15(19)6-2-8-16(9-7-15)11-13-12(5-10-20-13)3-4-14(17)18/h3-5,10,19H,2,6-9,11H2,1H3,(H,17,18)/b4-3+. The van der Waals surface area contributed by atoms with Gasteiger partial charge in [-0.3, -0.25) is 4.90 Å². The van der Waals surface area contributed by atoms with Crippen molar-refractivity contribution < 1.29 is 15.0 Å². The Labute approximate surface area is 123 Å². The monoisotopic (exact) mass is 295 g/mol. The van der Waals surface area contributed by atoms with Gasteiger partial charge in [-0.2, -0.15) is 0 Å². The lowest BCUT2D eigenvalue weighted by Crippen LogP contribution is -2.28. The van der Waals surface area contributed by atoms with Crippen molar-refractivity contribution in [3.05, 3.63) is 28.0 Å². The Balaban J connectivity index is 2.00. The zero-order chi connectivity index (χ0) is 14.6. The third kappa shape index (κ3) is 4.44. The van der Waals surface area contributed by atoms with Gasteiger partial charge in [0.1, 0.15) is 0 Å². The summed E-state index contributed by atoms with van der Waals surface area (Å²) >= 11 is 1.65. The summed E-state index contributed by atoms with van der Waals surface area (Å²) in [6.45, 7) is 4.60. The van der Waals surface area contributed by atoms with Crippen LogP contribution >= 0.6 is 11.3 Å². The number of carboxylic acid groups (broad SMARTS) is 1. The highest BCUT2D eigenvalue weighted by Crippen LogP contribution is 2.25. The van der Waals surface area contributed by atoms with Gasteiger partial charge >= 0.3 is 5.97 Å². The highest BCUT2D eigenvalue weighted by Gasteiger charge is 2.25. The number of aliphatic hydroxyl groups is 1. The van der Waals surface area contributed by atoms with E-state index in [0.29, 0.717) is 0 Å². The van der Waals surface area contributed by atoms with Gasteiger partial charge in [-0.15, -0.1) is 11.3 Å². The average Bonchev–Trinajstić information content (AvgIpc) is 2.72. The quantitative estimate of drug-likeness (QED) is 0.838. The average molecular weight is 295 g/mol. The van der Waals surface area contributed by atoms with Gasteiger partial charge in [0.15, 0.2) is 0 Å². The van der Waals surface area contributed by atoms with E-state index in [4.69, 9.17) is 5.11 Å². The van der Waals surface area contributed by atoms with Crippen molar-refractivity contribution in [1.29, 1.82) is 0 Å². The van der Waals surface area contributed by atoms with Crippen molar-refractivity contribution in [3.8, 4) is 0 Å². The molecule has 20 heavy (non-hydrogen) atoms. The molecule has 0 aliphatic carbocycles. The first-order chi connectivity index (χ1) is 9.46. The molecule has 1 unspecified atom stereocenters. The van der Waals surface area contributed by atoms with E-state index in [9.17, 15) is 9.90 Å². The van der Waals surface area contributed by atoms with Crippen LogP contribution < -0.4 is 0 Å². The van der Waals surface area contributed by atoms with Crippen molar-refractivity contribution in [2.45, 2.75) is 38.3 Å². The van der Waals surface area contributed by atoms with Crippen LogP contribution in [0.25, 0.3) is 6.08 Å². The summed E-state index contributed by atoms with van der Waals surface area (Å²) in [7, 11) is 0. The van der Waals surface area contributed by atoms with Gasteiger partial charge in [0, 0.05) is 24.0 Å². The first-order valence-electron chi connectivity index (χ1n) is 6.88. The number of thiophene rings is 1. The molecule has 0 saturated carbocycles. The fourth-order valence-corrected chi connectivity index (χ4v) is 3.38. The molecule has 0 aromatic carbocycles. The number of likely N-dealkylation sites (tertiary alicyclic amines) is 1. The molecule has 0 bridgehead atoms. The second-order valence-electron chi connectivity index (χ2n) is 5.60. The van der Waals surface area contributed by atoms with Crippen LogP contribution in [0.5, 0.6) is 0 Å². The maximum absolute atomic E-state index is 10.6. The van der Waals surface area contributed by atoms with E-state index >= 15 is 0 Å². The topological polar surface area (TPSA) is 60.8 Å². The van der Waals surface area contributed by atoms with Crippen LogP contribution in [0.2, 0.25) is 0 Å². The fraction of sp³-hybridized carbons (Fsp3) is 0.533. The van der Waals surface area contributed by atoms with Crippen LogP contribution in [0.15, 0.2) is 17.5 Å². The summed E-state index contributed by atoms with van der Waals surface area (Å²) in [5, 5.41) is 20.8. The van der Waals surface area contributed by atoms with Crippen molar-refractivity contribution in [2.75, 3.05) is 13.1 Å². The number of carboxylic acids is 1. The molecule has 1 aromatic rings. The summed E-state index contributed by atoms with van der Waals surface area (Å²) in [5.74, 6) is -0.923. The largest absolute Gasteiger partial charge is 0.478 e. The lowest BCUT2D eigenvalue weighted by atomic mass is 9.98. The smallest absolute Gasteiger partial charge is 0.328 e. The minimum atomic E-state index is -0.923. The highest BCUT2D eigenvalue weighted by molar-refractivity contribution is 7.10. The van der Waals surface area contributed by atoms with Gasteiger partial charge < -0.3 is 10.2 Å². The van der Waals surface area contributed by atoms with E-state index in [-0.39, 0.29) is 0 Å². The van der Waals surface area contributed by atoms with E-state index < -0.39 is 11.6 Å². The van der Waals surface area contributed by atoms with Gasteiger partial charge in [-0.1, -0.05) is 0 Å². The molecular weight excluding hydrogens is 274 g/mol. The second kappa shape index (κ2) is 6.52. The molecule has 1 saturated heterocycles. The van der Waals surface area contributed by atoms with Crippen LogP contribution in [0.3, 0.4) is 0 Å². The first kappa shape index (κ1) is 15.2. The van der Waals surface area contributed by atoms with Gasteiger partial charge in [-0.25, -0.2) is 4.79 Å². The highest BCUT2D eigenvalue weighted by atomic mass is 32.1. The summed E-state index contributed by atoms with van der Waals surface area (Å²) in [6.07, 6.45) is 5.47. The lowest BCUT2D eigenvalue weighted by Gasteiger charge is -2.22. The van der Waals surface area contributed by atoms with Crippen LogP contribution in [0.1, 0.15) is 36.6 Å². The van der Waals surface area contributed by atoms with Gasteiger partial charge in [0.25, 0.3) is 0 Å². The third-order valence-corrected chi connectivity index (χ3v) is 4.63. The molecule has 110 valence electrons. The maximum atomic E-state index is 10.6. The predicted octanol–water partition coefficient (Wildman–Crippen LogP) is 2.58. The SMILES string of the molecule is CC1(O)CCCN(Cc2sccc2/C=C/C(=O)O)CC1. The molecule has 0 amide bonds. The van der Waals surface area contributed by atoms with Crippen molar-refractivity contribution in [1.82, 2.24) is 4.90 Å². The fourth-order valence-electron chi connectivity index (χ4n) is 2.47. The van der Waals surface area contributed by atoms with E-state index in [1.807, 2.05) is 18.4 Å². The number of nitrogens with zero attached hydrogens (tertiary/aromatic N) is 1. The zero-order valence-corrected chi connectivity index (χ0v) is 12.5. The molecule has 4 nitrogen and oxygen atoms in total. The zero-order valence-electron chi connectivity index (χ0n) is 11.7. The Kier molecular flexibility index (Phi) is 4.96. The Morgan fingerprint density at radius 1 is 1.50 bits per heavy atom. The minimum absolute atomic E-state index is 0.545. The molecule has 1 aromatic heterocycles. The van der Waals surface area contributed by atoms with Crippen LogP contribution in [0.4, 0.5) is 0 Å². The van der Waals surface area contributed by atoms with Crippen molar-refractivity contribution in [2.24, 2.45) is 0 Å². The number of carbonyl (C=O) groups is 1. The van der Waals surface area contributed by atoms with Crippen LogP contribution in [-0.2, 0) is 11.3 Å². The Morgan fingerprint density at radius 3 is 3.05 bits per heavy atom. The van der Waals surface area contributed by atoms with Crippen molar-refractivity contribution >= 4 is 23.4 Å². The van der Waals surface area contributed by atoms with Crippen molar-refractivity contribution in [3.63, 3.8) is 0 Å². The molecule has 2 heterocycles. The molecule has 5 heteroatoms. The summed E-state index contributed by atoms with van der Waals surface area (Å²) in [4.78, 5) is 14.1. The Morgan fingerprint density at radius 2 is 2.30 bits per heavy atom.